The Morgan fingerprint density at radius 3 is 1.62 bits per heavy atom. The van der Waals surface area contributed by atoms with Crippen molar-refractivity contribution in [1.82, 2.24) is 0 Å². The Labute approximate surface area is 76.4 Å². The third-order valence-corrected chi connectivity index (χ3v) is 1.56. The Balaban J connectivity index is 0. The zero-order valence-corrected chi connectivity index (χ0v) is 8.70. The fraction of sp³-hybridized carbons (Fsp3) is 1.00. The normalized spacial score (nSPS) is 11.8. The highest BCUT2D eigenvalue weighted by atomic mass is 32.2. The van der Waals surface area contributed by atoms with Crippen LogP contribution in [0, 0.1) is 0 Å². The molecule has 13 heavy (non-hydrogen) atoms. The van der Waals surface area contributed by atoms with Crippen molar-refractivity contribution in [2.75, 3.05) is 5.75 Å². The van der Waals surface area contributed by atoms with E-state index in [4.69, 9.17) is 23.8 Å². The van der Waals surface area contributed by atoms with Gasteiger partial charge in [0, 0.05) is 0 Å². The van der Waals surface area contributed by atoms with Gasteiger partial charge in [0.1, 0.15) is 0 Å². The van der Waals surface area contributed by atoms with E-state index in [1.165, 1.54) is 0 Å². The van der Waals surface area contributed by atoms with Gasteiger partial charge in [-0.25, -0.2) is 4.57 Å². The Morgan fingerprint density at radius 2 is 1.54 bits per heavy atom. The molecule has 9 heteroatoms. The van der Waals surface area contributed by atoms with E-state index in [9.17, 15) is 8.42 Å². The lowest BCUT2D eigenvalue weighted by Crippen LogP contribution is -2.02. The summed E-state index contributed by atoms with van der Waals surface area (Å²) in [5.74, 6) is -0.108. The molecule has 0 aromatic rings. The minimum atomic E-state index is -4.64. The summed E-state index contributed by atoms with van der Waals surface area (Å²) >= 11 is 0. The fourth-order valence-electron chi connectivity index (χ4n) is 0.327. The van der Waals surface area contributed by atoms with E-state index in [-0.39, 0.29) is 5.75 Å². The molecule has 0 spiro atoms. The molecule has 0 saturated carbocycles. The summed E-state index contributed by atoms with van der Waals surface area (Å²) in [6, 6.07) is 0. The second-order valence-corrected chi connectivity index (χ2v) is 4.75. The minimum absolute atomic E-state index is 0.108. The summed E-state index contributed by atoms with van der Waals surface area (Å²) in [6.07, 6.45) is 1.33. The molecular formula is C4H13O7PS. The van der Waals surface area contributed by atoms with Gasteiger partial charge in [0.2, 0.25) is 0 Å². The highest BCUT2D eigenvalue weighted by Gasteiger charge is 2.00. The van der Waals surface area contributed by atoms with Crippen LogP contribution in [0.3, 0.4) is 0 Å². The van der Waals surface area contributed by atoms with Gasteiger partial charge in [-0.05, 0) is 6.42 Å². The van der Waals surface area contributed by atoms with Crippen LogP contribution in [0.1, 0.15) is 19.8 Å². The molecule has 0 saturated heterocycles. The maximum Gasteiger partial charge on any atom is 0.466 e. The monoisotopic (exact) mass is 236 g/mol. The molecular weight excluding hydrogens is 223 g/mol. The average Bonchev–Trinajstić information content (AvgIpc) is 1.77. The molecule has 0 aromatic heterocycles. The van der Waals surface area contributed by atoms with E-state index < -0.39 is 17.9 Å². The van der Waals surface area contributed by atoms with Crippen molar-refractivity contribution in [3.63, 3.8) is 0 Å². The van der Waals surface area contributed by atoms with Gasteiger partial charge in [0.25, 0.3) is 10.1 Å². The Morgan fingerprint density at radius 1 is 1.23 bits per heavy atom. The van der Waals surface area contributed by atoms with Gasteiger partial charge in [-0.15, -0.1) is 0 Å². The molecule has 0 heterocycles. The van der Waals surface area contributed by atoms with Crippen LogP contribution in [0.15, 0.2) is 0 Å². The van der Waals surface area contributed by atoms with Gasteiger partial charge in [0.05, 0.1) is 5.75 Å². The first-order chi connectivity index (χ1) is 5.56. The van der Waals surface area contributed by atoms with E-state index >= 15 is 0 Å². The molecule has 0 rings (SSSR count). The molecule has 82 valence electrons. The van der Waals surface area contributed by atoms with Gasteiger partial charge in [-0.2, -0.15) is 8.42 Å². The summed E-state index contributed by atoms with van der Waals surface area (Å²) < 4.78 is 36.9. The number of phosphoric acid groups is 1. The molecule has 0 aliphatic carbocycles. The van der Waals surface area contributed by atoms with Crippen LogP contribution in [0.2, 0.25) is 0 Å². The molecule has 0 aromatic carbocycles. The fourth-order valence-corrected chi connectivity index (χ4v) is 0.980. The molecule has 4 N–H and O–H groups in total. The second-order valence-electron chi connectivity index (χ2n) is 2.15. The lowest BCUT2D eigenvalue weighted by atomic mass is 10.4. The molecule has 0 aliphatic heterocycles. The second kappa shape index (κ2) is 6.47. The zero-order chi connectivity index (χ0) is 11.1. The van der Waals surface area contributed by atoms with Crippen LogP contribution >= 0.6 is 7.82 Å². The molecule has 0 amide bonds. The predicted molar refractivity (Wildman–Crippen MR) is 45.6 cm³/mol. The van der Waals surface area contributed by atoms with E-state index in [1.807, 2.05) is 6.92 Å². The van der Waals surface area contributed by atoms with Gasteiger partial charge < -0.3 is 14.7 Å². The number of rotatable bonds is 3. The first kappa shape index (κ1) is 15.5. The summed E-state index contributed by atoms with van der Waals surface area (Å²) in [5.41, 5.74) is 0. The van der Waals surface area contributed by atoms with Crippen molar-refractivity contribution in [3.8, 4) is 0 Å². The molecule has 0 aliphatic rings. The van der Waals surface area contributed by atoms with Crippen molar-refractivity contribution in [2.45, 2.75) is 19.8 Å². The first-order valence-corrected chi connectivity index (χ1v) is 6.47. The molecule has 7 nitrogen and oxygen atoms in total. The third-order valence-electron chi connectivity index (χ3n) is 0.756. The first-order valence-electron chi connectivity index (χ1n) is 3.29. The largest absolute Gasteiger partial charge is 0.466 e. The van der Waals surface area contributed by atoms with E-state index in [2.05, 4.69) is 0 Å². The van der Waals surface area contributed by atoms with Crippen LogP contribution in [-0.4, -0.2) is 33.4 Å². The highest BCUT2D eigenvalue weighted by Crippen LogP contribution is 2.25. The lowest BCUT2D eigenvalue weighted by molar-refractivity contribution is 0.275. The molecule has 0 bridgehead atoms. The van der Waals surface area contributed by atoms with Crippen molar-refractivity contribution in [3.05, 3.63) is 0 Å². The SMILES string of the molecule is CCCCS(=O)(=O)O.O=P(O)(O)O. The Bertz CT molecular complexity index is 243. The molecule has 0 unspecified atom stereocenters. The van der Waals surface area contributed by atoms with Crippen molar-refractivity contribution in [2.24, 2.45) is 0 Å². The minimum Gasteiger partial charge on any atom is -0.303 e. The van der Waals surface area contributed by atoms with Crippen LogP contribution < -0.4 is 0 Å². The molecule has 0 atom stereocenters. The Kier molecular flexibility index (Phi) is 7.71. The zero-order valence-electron chi connectivity index (χ0n) is 6.99. The smallest absolute Gasteiger partial charge is 0.303 e. The van der Waals surface area contributed by atoms with Crippen LogP contribution in [0.25, 0.3) is 0 Å². The maximum atomic E-state index is 9.95. The van der Waals surface area contributed by atoms with Crippen LogP contribution in [0.5, 0.6) is 0 Å². The van der Waals surface area contributed by atoms with Gasteiger partial charge in [-0.3, -0.25) is 4.55 Å². The lowest BCUT2D eigenvalue weighted by Gasteiger charge is -1.90. The topological polar surface area (TPSA) is 132 Å². The summed E-state index contributed by atoms with van der Waals surface area (Å²) in [4.78, 5) is 21.6. The van der Waals surface area contributed by atoms with Crippen molar-refractivity contribution < 1.29 is 32.2 Å². The number of hydrogen-bond acceptors (Lipinski definition) is 3. The summed E-state index contributed by atoms with van der Waals surface area (Å²) in [5, 5.41) is 0. The average molecular weight is 236 g/mol. The predicted octanol–water partition coefficient (Wildman–Crippen LogP) is -0.254. The molecule has 0 radical (unpaired) electrons. The van der Waals surface area contributed by atoms with Gasteiger partial charge in [0.15, 0.2) is 0 Å². The van der Waals surface area contributed by atoms with E-state index in [0.717, 1.165) is 6.42 Å². The maximum absolute atomic E-state index is 9.95. The highest BCUT2D eigenvalue weighted by molar-refractivity contribution is 7.85. The van der Waals surface area contributed by atoms with Crippen molar-refractivity contribution in [1.29, 1.82) is 0 Å². The quantitative estimate of drug-likeness (QED) is 0.392. The summed E-state index contributed by atoms with van der Waals surface area (Å²) in [7, 11) is -8.33. The standard InChI is InChI=1S/C4H10O3S.H3O4P/c1-2-3-4-8(5,6)7;1-5(2,3)4/h2-4H2,1H3,(H,5,6,7);(H3,1,2,3,4). The van der Waals surface area contributed by atoms with Crippen LogP contribution in [0.4, 0.5) is 0 Å². The van der Waals surface area contributed by atoms with Gasteiger partial charge >= 0.3 is 7.82 Å². The third kappa shape index (κ3) is 47.9. The van der Waals surface area contributed by atoms with E-state index in [1.54, 1.807) is 0 Å². The van der Waals surface area contributed by atoms with Crippen molar-refractivity contribution >= 4 is 17.9 Å². The Hall–Kier alpha value is 0.0200. The van der Waals surface area contributed by atoms with E-state index in [0.29, 0.717) is 6.42 Å². The number of hydrogen-bond donors (Lipinski definition) is 4. The van der Waals surface area contributed by atoms with Gasteiger partial charge in [-0.1, -0.05) is 13.3 Å². The van der Waals surface area contributed by atoms with Crippen LogP contribution in [-0.2, 0) is 14.7 Å². The summed E-state index contributed by atoms with van der Waals surface area (Å²) in [6.45, 7) is 1.87. The molecule has 0 fully saturated rings. The number of unbranched alkanes of at least 4 members (excludes halogenated alkanes) is 1.